The van der Waals surface area contributed by atoms with Crippen molar-refractivity contribution in [3.8, 4) is 11.5 Å². The van der Waals surface area contributed by atoms with E-state index in [4.69, 9.17) is 9.47 Å². The molecular formula is C20H23N3O4. The van der Waals surface area contributed by atoms with E-state index in [0.29, 0.717) is 11.3 Å². The van der Waals surface area contributed by atoms with Crippen molar-refractivity contribution >= 4 is 5.91 Å². The Morgan fingerprint density at radius 3 is 2.48 bits per heavy atom. The van der Waals surface area contributed by atoms with Crippen LogP contribution in [-0.4, -0.2) is 45.7 Å². The van der Waals surface area contributed by atoms with Crippen molar-refractivity contribution < 1.29 is 14.3 Å². The first-order chi connectivity index (χ1) is 13.1. The highest BCUT2D eigenvalue weighted by Gasteiger charge is 2.44. The van der Waals surface area contributed by atoms with Gasteiger partial charge in [-0.05, 0) is 25.0 Å². The average Bonchev–Trinajstić information content (AvgIpc) is 2.94. The van der Waals surface area contributed by atoms with Gasteiger partial charge in [-0.25, -0.2) is 0 Å². The number of aromatic nitrogens is 2. The molecular weight excluding hydrogens is 346 g/mol. The standard InChI is InChI=1S/C20H23N3O4/c1-22-12-17(18(26-2)11-19(22)24)20(25)23-13-3-4-14(23)10-16(9-13)27-15-5-7-21-8-6-15/h5-8,11-14,16H,3-4,9-10H2,1-2H3. The van der Waals surface area contributed by atoms with E-state index in [1.807, 2.05) is 17.0 Å². The number of pyridine rings is 2. The first-order valence-corrected chi connectivity index (χ1v) is 9.21. The number of carbonyl (C=O) groups is 1. The molecule has 4 heterocycles. The maximum absolute atomic E-state index is 13.3. The highest BCUT2D eigenvalue weighted by Crippen LogP contribution is 2.39. The van der Waals surface area contributed by atoms with E-state index in [1.165, 1.54) is 17.7 Å². The normalized spacial score (nSPS) is 23.9. The van der Waals surface area contributed by atoms with Crippen molar-refractivity contribution in [2.45, 2.75) is 43.9 Å². The molecule has 7 nitrogen and oxygen atoms in total. The summed E-state index contributed by atoms with van der Waals surface area (Å²) in [5, 5.41) is 0. The Morgan fingerprint density at radius 1 is 1.19 bits per heavy atom. The van der Waals surface area contributed by atoms with E-state index in [0.717, 1.165) is 31.4 Å². The zero-order chi connectivity index (χ0) is 19.0. The number of hydrogen-bond acceptors (Lipinski definition) is 5. The Hall–Kier alpha value is -2.83. The Balaban J connectivity index is 1.54. The minimum absolute atomic E-state index is 0.0719. The van der Waals surface area contributed by atoms with Gasteiger partial charge in [0.05, 0.1) is 12.7 Å². The van der Waals surface area contributed by atoms with Crippen molar-refractivity contribution in [2.24, 2.45) is 7.05 Å². The number of carbonyl (C=O) groups excluding carboxylic acids is 1. The van der Waals surface area contributed by atoms with E-state index in [-0.39, 0.29) is 29.7 Å². The zero-order valence-corrected chi connectivity index (χ0v) is 15.5. The van der Waals surface area contributed by atoms with Gasteiger partial charge >= 0.3 is 0 Å². The van der Waals surface area contributed by atoms with Crippen LogP contribution in [0.5, 0.6) is 11.5 Å². The molecule has 27 heavy (non-hydrogen) atoms. The smallest absolute Gasteiger partial charge is 0.259 e. The Bertz CT molecular complexity index is 882. The molecule has 2 saturated heterocycles. The van der Waals surface area contributed by atoms with Crippen LogP contribution in [0.2, 0.25) is 0 Å². The molecule has 2 aromatic rings. The van der Waals surface area contributed by atoms with Crippen LogP contribution in [0.4, 0.5) is 0 Å². The predicted octanol–water partition coefficient (Wildman–Crippen LogP) is 2.00. The van der Waals surface area contributed by atoms with Gasteiger partial charge in [0, 0.05) is 56.6 Å². The van der Waals surface area contributed by atoms with Crippen LogP contribution in [0, 0.1) is 0 Å². The van der Waals surface area contributed by atoms with Gasteiger partial charge in [0.2, 0.25) is 0 Å². The zero-order valence-electron chi connectivity index (χ0n) is 15.5. The Morgan fingerprint density at radius 2 is 1.85 bits per heavy atom. The molecule has 4 rings (SSSR count). The summed E-state index contributed by atoms with van der Waals surface area (Å²) in [6.07, 6.45) is 8.65. The molecule has 0 aromatic carbocycles. The molecule has 2 bridgehead atoms. The number of methoxy groups -OCH3 is 1. The van der Waals surface area contributed by atoms with Gasteiger partial charge in [-0.1, -0.05) is 0 Å². The molecule has 0 N–H and O–H groups in total. The molecule has 0 saturated carbocycles. The summed E-state index contributed by atoms with van der Waals surface area (Å²) in [4.78, 5) is 31.1. The molecule has 0 radical (unpaired) electrons. The van der Waals surface area contributed by atoms with Crippen LogP contribution in [0.1, 0.15) is 36.0 Å². The molecule has 1 amide bonds. The highest BCUT2D eigenvalue weighted by molar-refractivity contribution is 5.97. The van der Waals surface area contributed by atoms with Crippen molar-refractivity contribution in [3.63, 3.8) is 0 Å². The first kappa shape index (κ1) is 17.6. The minimum Gasteiger partial charge on any atom is -0.496 e. The SMILES string of the molecule is COc1cc(=O)n(C)cc1C(=O)N1C2CCC1CC(Oc1ccncc1)C2. The summed E-state index contributed by atoms with van der Waals surface area (Å²) in [6, 6.07) is 5.37. The second kappa shape index (κ2) is 7.06. The average molecular weight is 369 g/mol. The van der Waals surface area contributed by atoms with E-state index in [9.17, 15) is 9.59 Å². The number of amides is 1. The molecule has 0 spiro atoms. The van der Waals surface area contributed by atoms with Gasteiger partial charge in [0.15, 0.2) is 0 Å². The minimum atomic E-state index is -0.198. The monoisotopic (exact) mass is 369 g/mol. The fourth-order valence-corrected chi connectivity index (χ4v) is 4.25. The summed E-state index contributed by atoms with van der Waals surface area (Å²) in [5.41, 5.74) is 0.237. The number of fused-ring (bicyclic) bond motifs is 2. The lowest BCUT2D eigenvalue weighted by atomic mass is 9.98. The van der Waals surface area contributed by atoms with Crippen molar-refractivity contribution in [3.05, 3.63) is 52.7 Å². The third-order valence-corrected chi connectivity index (χ3v) is 5.52. The number of aryl methyl sites for hydroxylation is 1. The molecule has 142 valence electrons. The van der Waals surface area contributed by atoms with Crippen molar-refractivity contribution in [2.75, 3.05) is 7.11 Å². The Kier molecular flexibility index (Phi) is 4.59. The summed E-state index contributed by atoms with van der Waals surface area (Å²) < 4.78 is 12.8. The van der Waals surface area contributed by atoms with Crippen LogP contribution in [0.3, 0.4) is 0 Å². The van der Waals surface area contributed by atoms with Gasteiger partial charge < -0.3 is 18.9 Å². The number of piperidine rings is 1. The van der Waals surface area contributed by atoms with Gasteiger partial charge in [0.1, 0.15) is 17.6 Å². The second-order valence-corrected chi connectivity index (χ2v) is 7.20. The van der Waals surface area contributed by atoms with Crippen LogP contribution < -0.4 is 15.0 Å². The molecule has 2 unspecified atom stereocenters. The fraction of sp³-hybridized carbons (Fsp3) is 0.450. The quantitative estimate of drug-likeness (QED) is 0.824. The largest absolute Gasteiger partial charge is 0.496 e. The number of rotatable bonds is 4. The maximum atomic E-state index is 13.3. The summed E-state index contributed by atoms with van der Waals surface area (Å²) in [6.45, 7) is 0. The summed E-state index contributed by atoms with van der Waals surface area (Å²) in [5.74, 6) is 1.07. The number of ether oxygens (including phenoxy) is 2. The van der Waals surface area contributed by atoms with Gasteiger partial charge in [-0.3, -0.25) is 14.6 Å². The van der Waals surface area contributed by atoms with Crippen LogP contribution in [0.25, 0.3) is 0 Å². The topological polar surface area (TPSA) is 73.7 Å². The van der Waals surface area contributed by atoms with Crippen LogP contribution in [-0.2, 0) is 7.05 Å². The van der Waals surface area contributed by atoms with Crippen LogP contribution >= 0.6 is 0 Å². The van der Waals surface area contributed by atoms with E-state index < -0.39 is 0 Å². The lowest BCUT2D eigenvalue weighted by Crippen LogP contribution is -2.49. The van der Waals surface area contributed by atoms with Gasteiger partial charge in [-0.15, -0.1) is 0 Å². The molecule has 7 heteroatoms. The summed E-state index contributed by atoms with van der Waals surface area (Å²) >= 11 is 0. The van der Waals surface area contributed by atoms with Crippen LogP contribution in [0.15, 0.2) is 41.6 Å². The third kappa shape index (κ3) is 3.29. The molecule has 2 aliphatic heterocycles. The van der Waals surface area contributed by atoms with E-state index in [2.05, 4.69) is 4.98 Å². The molecule has 2 fully saturated rings. The summed E-state index contributed by atoms with van der Waals surface area (Å²) in [7, 11) is 3.12. The first-order valence-electron chi connectivity index (χ1n) is 9.21. The molecule has 2 atom stereocenters. The van der Waals surface area contributed by atoms with E-state index >= 15 is 0 Å². The Labute approximate surface area is 157 Å². The highest BCUT2D eigenvalue weighted by atomic mass is 16.5. The lowest BCUT2D eigenvalue weighted by molar-refractivity contribution is 0.0355. The van der Waals surface area contributed by atoms with Gasteiger partial charge in [0.25, 0.3) is 11.5 Å². The van der Waals surface area contributed by atoms with Gasteiger partial charge in [-0.2, -0.15) is 0 Å². The molecule has 2 aromatic heterocycles. The number of nitrogens with zero attached hydrogens (tertiary/aromatic N) is 3. The maximum Gasteiger partial charge on any atom is 0.259 e. The van der Waals surface area contributed by atoms with Crippen molar-refractivity contribution in [1.29, 1.82) is 0 Å². The van der Waals surface area contributed by atoms with E-state index in [1.54, 1.807) is 25.6 Å². The van der Waals surface area contributed by atoms with Crippen molar-refractivity contribution in [1.82, 2.24) is 14.5 Å². The molecule has 0 aliphatic carbocycles. The number of hydrogen-bond donors (Lipinski definition) is 0. The third-order valence-electron chi connectivity index (χ3n) is 5.52. The predicted molar refractivity (Wildman–Crippen MR) is 99.1 cm³/mol. The molecule has 2 aliphatic rings. The second-order valence-electron chi connectivity index (χ2n) is 7.20. The lowest BCUT2D eigenvalue weighted by Gasteiger charge is -2.39. The fourth-order valence-electron chi connectivity index (χ4n) is 4.25.